The third kappa shape index (κ3) is 6.98. The van der Waals surface area contributed by atoms with E-state index in [4.69, 9.17) is 18.9 Å². The first kappa shape index (κ1) is 32.5. The Morgan fingerprint density at radius 1 is 0.872 bits per heavy atom. The van der Waals surface area contributed by atoms with Crippen molar-refractivity contribution < 1.29 is 24.1 Å². The van der Waals surface area contributed by atoms with Gasteiger partial charge in [-0.3, -0.25) is 14.3 Å². The predicted octanol–water partition coefficient (Wildman–Crippen LogP) is 5.80. The molecule has 4 aromatic rings. The number of aromatic amines is 1. The number of methoxy groups -OCH3 is 2. The summed E-state index contributed by atoms with van der Waals surface area (Å²) in [4.78, 5) is 28.0. The van der Waals surface area contributed by atoms with Gasteiger partial charge in [0.05, 0.1) is 32.5 Å². The van der Waals surface area contributed by atoms with E-state index in [-0.39, 0.29) is 13.0 Å². The molecule has 47 heavy (non-hydrogen) atoms. The fourth-order valence-corrected chi connectivity index (χ4v) is 6.72. The number of rotatable bonds is 11. The lowest BCUT2D eigenvalue weighted by atomic mass is 9.80. The van der Waals surface area contributed by atoms with Gasteiger partial charge in [-0.1, -0.05) is 86.0 Å². The molecule has 6 rings (SSSR count). The van der Waals surface area contributed by atoms with Crippen molar-refractivity contribution in [3.05, 3.63) is 134 Å². The van der Waals surface area contributed by atoms with Gasteiger partial charge in [0.1, 0.15) is 29.4 Å². The third-order valence-corrected chi connectivity index (χ3v) is 9.35. The molecule has 2 heterocycles. The fraction of sp³-hybridized carbons (Fsp3) is 0.368. The highest BCUT2D eigenvalue weighted by atomic mass is 16.6. The predicted molar refractivity (Wildman–Crippen MR) is 180 cm³/mol. The summed E-state index contributed by atoms with van der Waals surface area (Å²) >= 11 is 0. The first-order chi connectivity index (χ1) is 22.9. The minimum Gasteiger partial charge on any atom is -0.497 e. The summed E-state index contributed by atoms with van der Waals surface area (Å²) in [7, 11) is 3.25. The Morgan fingerprint density at radius 3 is 2.06 bits per heavy atom. The summed E-state index contributed by atoms with van der Waals surface area (Å²) in [5, 5.41) is 11.2. The summed E-state index contributed by atoms with van der Waals surface area (Å²) in [6, 6.07) is 25.3. The normalized spacial score (nSPS) is 20.4. The second-order valence-electron chi connectivity index (χ2n) is 12.3. The fourth-order valence-electron chi connectivity index (χ4n) is 6.72. The number of benzene rings is 3. The molecule has 1 saturated heterocycles. The van der Waals surface area contributed by atoms with E-state index in [0.717, 1.165) is 29.5 Å². The number of nitrogens with one attached hydrogen (secondary N) is 1. The van der Waals surface area contributed by atoms with Crippen LogP contribution in [-0.4, -0.2) is 47.7 Å². The molecule has 2 aliphatic rings. The average molecular weight is 639 g/mol. The third-order valence-electron chi connectivity index (χ3n) is 9.35. The molecule has 2 N–H and O–H groups in total. The van der Waals surface area contributed by atoms with Crippen molar-refractivity contribution in [2.75, 3.05) is 20.8 Å². The smallest absolute Gasteiger partial charge is 0.330 e. The van der Waals surface area contributed by atoms with Crippen molar-refractivity contribution in [2.24, 2.45) is 5.92 Å². The Hall–Kier alpha value is -4.44. The van der Waals surface area contributed by atoms with Crippen LogP contribution in [-0.2, 0) is 15.1 Å². The second kappa shape index (κ2) is 14.5. The molecular weight excluding hydrogens is 596 g/mol. The lowest BCUT2D eigenvalue weighted by Gasteiger charge is -2.37. The quantitative estimate of drug-likeness (QED) is 0.200. The van der Waals surface area contributed by atoms with Crippen LogP contribution in [0.25, 0.3) is 6.08 Å². The molecule has 1 aliphatic heterocycles. The molecule has 0 amide bonds. The van der Waals surface area contributed by atoms with Gasteiger partial charge >= 0.3 is 5.69 Å². The average Bonchev–Trinajstić information content (AvgIpc) is 3.49. The van der Waals surface area contributed by atoms with Crippen molar-refractivity contribution >= 4 is 6.08 Å². The maximum Gasteiger partial charge on any atom is 0.330 e. The highest BCUT2D eigenvalue weighted by Crippen LogP contribution is 2.42. The standard InChI is InChI=1S/C38H42N2O7/c1-44-31-19-15-29(16-20-31)38(28-11-7-4-8-12-28,30-17-21-32(45-2)22-18-30)46-25-34-33(41)23-35(47-34)40-24-27(36(42)39-37(40)43)14-13-26-9-5-3-6-10-26/h4,7-8,11-22,24,26,33-35,41H,3,5-6,9-10,23,25H2,1-2H3,(H,39,42,43)/t33?,34-,35-/m0/s1. The maximum absolute atomic E-state index is 12.9. The van der Waals surface area contributed by atoms with Gasteiger partial charge in [-0.05, 0) is 59.7 Å². The zero-order chi connectivity index (χ0) is 32.8. The van der Waals surface area contributed by atoms with Crippen molar-refractivity contribution in [1.82, 2.24) is 9.55 Å². The molecule has 1 unspecified atom stereocenters. The summed E-state index contributed by atoms with van der Waals surface area (Å²) in [5.74, 6) is 1.85. The molecule has 0 bridgehead atoms. The number of H-pyrrole nitrogens is 1. The molecule has 3 aromatic carbocycles. The zero-order valence-corrected chi connectivity index (χ0v) is 26.8. The van der Waals surface area contributed by atoms with Crippen molar-refractivity contribution in [3.63, 3.8) is 0 Å². The van der Waals surface area contributed by atoms with Crippen LogP contribution in [0, 0.1) is 5.92 Å². The lowest BCUT2D eigenvalue weighted by Crippen LogP contribution is -2.38. The van der Waals surface area contributed by atoms with E-state index in [9.17, 15) is 14.7 Å². The Labute approximate surface area is 274 Å². The molecule has 3 atom stereocenters. The largest absolute Gasteiger partial charge is 0.497 e. The van der Waals surface area contributed by atoms with Gasteiger partial charge in [0.2, 0.25) is 0 Å². The molecule has 1 aliphatic carbocycles. The number of aromatic nitrogens is 2. The maximum atomic E-state index is 12.9. The van der Waals surface area contributed by atoms with E-state index in [1.807, 2.05) is 78.9 Å². The van der Waals surface area contributed by atoms with Crippen LogP contribution in [0.3, 0.4) is 0 Å². The van der Waals surface area contributed by atoms with Gasteiger partial charge in [-0.2, -0.15) is 0 Å². The Balaban J connectivity index is 1.30. The molecule has 246 valence electrons. The van der Waals surface area contributed by atoms with Crippen molar-refractivity contribution in [3.8, 4) is 11.5 Å². The highest BCUT2D eigenvalue weighted by molar-refractivity contribution is 5.50. The van der Waals surface area contributed by atoms with Crippen LogP contribution >= 0.6 is 0 Å². The summed E-state index contributed by atoms with van der Waals surface area (Å²) in [6.07, 6.45) is 8.94. The summed E-state index contributed by atoms with van der Waals surface area (Å²) in [5.41, 5.74) is 0.852. The van der Waals surface area contributed by atoms with E-state index in [1.54, 1.807) is 20.3 Å². The number of nitrogens with zero attached hydrogens (tertiary/aromatic N) is 1. The van der Waals surface area contributed by atoms with Crippen molar-refractivity contribution in [1.29, 1.82) is 0 Å². The van der Waals surface area contributed by atoms with E-state index < -0.39 is 35.3 Å². The van der Waals surface area contributed by atoms with Gasteiger partial charge in [-0.15, -0.1) is 0 Å². The number of allylic oxidation sites excluding steroid dienone is 1. The van der Waals surface area contributed by atoms with Crippen molar-refractivity contribution in [2.45, 2.75) is 62.6 Å². The van der Waals surface area contributed by atoms with Crippen LogP contribution in [0.1, 0.15) is 67.0 Å². The molecular formula is C38H42N2O7. The first-order valence-corrected chi connectivity index (χ1v) is 16.3. The summed E-state index contributed by atoms with van der Waals surface area (Å²) < 4.78 is 25.5. The first-order valence-electron chi connectivity index (χ1n) is 16.3. The zero-order valence-electron chi connectivity index (χ0n) is 26.8. The Bertz CT molecular complexity index is 1710. The molecule has 9 nitrogen and oxygen atoms in total. The number of ether oxygens (including phenoxy) is 4. The SMILES string of the molecule is COc1ccc(C(OC[C@@H]2O[C@H](n3cc(C=CC4CCCCC4)c(=O)[nH]c3=O)CC2O)(c2ccccc2)c2ccc(OC)cc2)cc1. The molecule has 0 radical (unpaired) electrons. The van der Waals surface area contributed by atoms with Gasteiger partial charge in [-0.25, -0.2) is 4.79 Å². The monoisotopic (exact) mass is 638 g/mol. The number of hydrogen-bond donors (Lipinski definition) is 2. The van der Waals surface area contributed by atoms with Crippen LogP contribution in [0.2, 0.25) is 0 Å². The molecule has 1 saturated carbocycles. The van der Waals surface area contributed by atoms with Gasteiger partial charge < -0.3 is 24.1 Å². The molecule has 2 fully saturated rings. The van der Waals surface area contributed by atoms with Crippen LogP contribution in [0.15, 0.2) is 101 Å². The van der Waals surface area contributed by atoms with E-state index in [0.29, 0.717) is 23.0 Å². The van der Waals surface area contributed by atoms with Crippen LogP contribution < -0.4 is 20.7 Å². The van der Waals surface area contributed by atoms with E-state index >= 15 is 0 Å². The second-order valence-corrected chi connectivity index (χ2v) is 12.3. The minimum atomic E-state index is -1.09. The Kier molecular flexibility index (Phi) is 10.1. The number of aliphatic hydroxyl groups excluding tert-OH is 1. The lowest BCUT2D eigenvalue weighted by molar-refractivity contribution is -0.0944. The molecule has 9 heteroatoms. The summed E-state index contributed by atoms with van der Waals surface area (Å²) in [6.45, 7) is 0.0111. The van der Waals surface area contributed by atoms with Gasteiger partial charge in [0, 0.05) is 12.6 Å². The minimum absolute atomic E-state index is 0.0111. The van der Waals surface area contributed by atoms with Gasteiger partial charge in [0.25, 0.3) is 5.56 Å². The van der Waals surface area contributed by atoms with E-state index in [1.165, 1.54) is 30.0 Å². The van der Waals surface area contributed by atoms with Crippen LogP contribution in [0.5, 0.6) is 11.5 Å². The number of hydrogen-bond acceptors (Lipinski definition) is 7. The topological polar surface area (TPSA) is 112 Å². The van der Waals surface area contributed by atoms with E-state index in [2.05, 4.69) is 11.1 Å². The molecule has 1 aromatic heterocycles. The van der Waals surface area contributed by atoms with Crippen LogP contribution in [0.4, 0.5) is 0 Å². The number of aliphatic hydroxyl groups is 1. The molecule has 0 spiro atoms. The highest BCUT2D eigenvalue weighted by Gasteiger charge is 2.42. The van der Waals surface area contributed by atoms with Gasteiger partial charge in [0.15, 0.2) is 0 Å². The Morgan fingerprint density at radius 2 is 1.47 bits per heavy atom.